The molecule has 0 fully saturated rings. The molecule has 40 valence electrons. The van der Waals surface area contributed by atoms with Gasteiger partial charge in [0, 0.05) is 0 Å². The molecule has 0 aromatic carbocycles. The molecular formula is H5MgO5P+2. The summed E-state index contributed by atoms with van der Waals surface area (Å²) in [5.74, 6) is 0. The molecule has 0 aliphatic rings. The van der Waals surface area contributed by atoms with Gasteiger partial charge in [-0.05, 0) is 0 Å². The zero-order valence-corrected chi connectivity index (χ0v) is 5.71. The molecule has 0 aromatic heterocycles. The fourth-order valence-corrected chi connectivity index (χ4v) is 0. The van der Waals surface area contributed by atoms with E-state index in [0.717, 1.165) is 0 Å². The Morgan fingerprint density at radius 1 is 1.14 bits per heavy atom. The molecule has 0 spiro atoms. The first-order chi connectivity index (χ1) is 2.00. The van der Waals surface area contributed by atoms with Crippen LogP contribution in [0.2, 0.25) is 0 Å². The first kappa shape index (κ1) is 15.7. The first-order valence-corrected chi connectivity index (χ1v) is 2.35. The molecule has 0 radical (unpaired) electrons. The molecule has 0 aliphatic heterocycles. The van der Waals surface area contributed by atoms with Crippen molar-refractivity contribution in [3.8, 4) is 0 Å². The summed E-state index contributed by atoms with van der Waals surface area (Å²) >= 11 is 0. The van der Waals surface area contributed by atoms with Crippen LogP contribution in [0.1, 0.15) is 0 Å². The molecule has 0 unspecified atom stereocenters. The van der Waals surface area contributed by atoms with Crippen LogP contribution in [0.4, 0.5) is 0 Å². The Bertz CT molecular complexity index is 54.2. The normalized spacial score (nSPS) is 8.43. The zero-order valence-electron chi connectivity index (χ0n) is 3.40. The van der Waals surface area contributed by atoms with Crippen LogP contribution in [0.5, 0.6) is 0 Å². The van der Waals surface area contributed by atoms with E-state index in [4.69, 9.17) is 19.2 Å². The minimum atomic E-state index is -4.64. The maximum atomic E-state index is 8.88. The maximum Gasteiger partial charge on any atom is 2.00 e. The van der Waals surface area contributed by atoms with Gasteiger partial charge in [-0.15, -0.1) is 0 Å². The number of hydrogen-bond donors (Lipinski definition) is 3. The smallest absolute Gasteiger partial charge is 0.412 e. The Morgan fingerprint density at radius 3 is 1.14 bits per heavy atom. The molecule has 0 rings (SSSR count). The predicted octanol–water partition coefficient (Wildman–Crippen LogP) is -2.13. The molecule has 0 aromatic rings. The zero-order chi connectivity index (χ0) is 4.50. The van der Waals surface area contributed by atoms with Crippen LogP contribution in [-0.4, -0.2) is 43.2 Å². The maximum absolute atomic E-state index is 8.88. The third-order valence-corrected chi connectivity index (χ3v) is 0. The van der Waals surface area contributed by atoms with Crippen LogP contribution in [0.3, 0.4) is 0 Å². The van der Waals surface area contributed by atoms with E-state index >= 15 is 0 Å². The molecule has 7 heavy (non-hydrogen) atoms. The van der Waals surface area contributed by atoms with Crippen LogP contribution in [0.25, 0.3) is 0 Å². The summed E-state index contributed by atoms with van der Waals surface area (Å²) in [6, 6.07) is 0. The van der Waals surface area contributed by atoms with Crippen LogP contribution in [-0.2, 0) is 4.57 Å². The fourth-order valence-electron chi connectivity index (χ4n) is 0. The largest absolute Gasteiger partial charge is 2.00 e. The minimum Gasteiger partial charge on any atom is -0.412 e. The van der Waals surface area contributed by atoms with E-state index in [1.165, 1.54) is 0 Å². The SMILES string of the molecule is O.O=P(O)(O)O.[Mg+2]. The summed E-state index contributed by atoms with van der Waals surface area (Å²) in [6.45, 7) is 0. The Morgan fingerprint density at radius 2 is 1.14 bits per heavy atom. The van der Waals surface area contributed by atoms with Gasteiger partial charge < -0.3 is 20.2 Å². The molecule has 0 bridgehead atoms. The molecule has 5 N–H and O–H groups in total. The van der Waals surface area contributed by atoms with E-state index in [2.05, 4.69) is 0 Å². The molecule has 0 aliphatic carbocycles. The van der Waals surface area contributed by atoms with Crippen LogP contribution in [0.15, 0.2) is 0 Å². The quantitative estimate of drug-likeness (QED) is 0.263. The van der Waals surface area contributed by atoms with Gasteiger partial charge in [0.05, 0.1) is 0 Å². The van der Waals surface area contributed by atoms with E-state index in [1.54, 1.807) is 0 Å². The van der Waals surface area contributed by atoms with E-state index < -0.39 is 7.82 Å². The average Bonchev–Trinajstić information content (AvgIpc) is 0.722. The summed E-state index contributed by atoms with van der Waals surface area (Å²) in [6.07, 6.45) is 0. The number of rotatable bonds is 0. The monoisotopic (exact) mass is 140 g/mol. The summed E-state index contributed by atoms with van der Waals surface area (Å²) in [4.78, 5) is 21.6. The van der Waals surface area contributed by atoms with Gasteiger partial charge in [0.25, 0.3) is 0 Å². The van der Waals surface area contributed by atoms with Gasteiger partial charge in [-0.1, -0.05) is 0 Å². The van der Waals surface area contributed by atoms with Crippen LogP contribution in [0, 0.1) is 0 Å². The third-order valence-electron chi connectivity index (χ3n) is 0. The third kappa shape index (κ3) is 229. The Hall–Kier alpha value is 0.836. The summed E-state index contributed by atoms with van der Waals surface area (Å²) < 4.78 is 8.88. The summed E-state index contributed by atoms with van der Waals surface area (Å²) in [5.41, 5.74) is 0. The Labute approximate surface area is 56.1 Å². The van der Waals surface area contributed by atoms with E-state index in [9.17, 15) is 0 Å². The molecule has 0 heterocycles. The minimum absolute atomic E-state index is 0. The predicted molar refractivity (Wildman–Crippen MR) is 23.6 cm³/mol. The van der Waals surface area contributed by atoms with Gasteiger partial charge in [0.2, 0.25) is 0 Å². The Kier molecular flexibility index (Phi) is 11.1. The molecule has 0 atom stereocenters. The summed E-state index contributed by atoms with van der Waals surface area (Å²) in [5, 5.41) is 0. The second kappa shape index (κ2) is 4.98. The van der Waals surface area contributed by atoms with Crippen LogP contribution >= 0.6 is 7.82 Å². The van der Waals surface area contributed by atoms with Gasteiger partial charge in [-0.25, -0.2) is 4.57 Å². The van der Waals surface area contributed by atoms with Gasteiger partial charge in [-0.2, -0.15) is 0 Å². The van der Waals surface area contributed by atoms with Crippen LogP contribution < -0.4 is 0 Å². The van der Waals surface area contributed by atoms with Crippen molar-refractivity contribution in [3.63, 3.8) is 0 Å². The molecular weight excluding hydrogens is 135 g/mol. The molecule has 0 saturated carbocycles. The summed E-state index contributed by atoms with van der Waals surface area (Å²) in [7, 11) is -4.64. The van der Waals surface area contributed by atoms with Crippen molar-refractivity contribution in [1.29, 1.82) is 0 Å². The van der Waals surface area contributed by atoms with Crippen molar-refractivity contribution in [1.82, 2.24) is 0 Å². The van der Waals surface area contributed by atoms with Crippen molar-refractivity contribution >= 4 is 30.9 Å². The topological polar surface area (TPSA) is 109 Å². The van der Waals surface area contributed by atoms with Gasteiger partial charge in [-0.3, -0.25) is 0 Å². The van der Waals surface area contributed by atoms with Gasteiger partial charge in [0.1, 0.15) is 0 Å². The standard InChI is InChI=1S/Mg.H3O4P.H2O/c;1-5(2,3)4;/h;(H3,1,2,3,4);1H2/q+2;;. The first-order valence-electron chi connectivity index (χ1n) is 0.783. The van der Waals surface area contributed by atoms with Crippen molar-refractivity contribution in [2.24, 2.45) is 0 Å². The molecule has 5 nitrogen and oxygen atoms in total. The van der Waals surface area contributed by atoms with Crippen molar-refractivity contribution in [2.75, 3.05) is 0 Å². The van der Waals surface area contributed by atoms with E-state index in [1.807, 2.05) is 0 Å². The Balaban J connectivity index is -0.0000000800. The van der Waals surface area contributed by atoms with Crippen molar-refractivity contribution < 1.29 is 24.7 Å². The van der Waals surface area contributed by atoms with Crippen molar-refractivity contribution in [2.45, 2.75) is 0 Å². The van der Waals surface area contributed by atoms with Crippen molar-refractivity contribution in [3.05, 3.63) is 0 Å². The molecule has 0 amide bonds. The molecule has 0 saturated heterocycles. The van der Waals surface area contributed by atoms with E-state index in [0.29, 0.717) is 0 Å². The fraction of sp³-hybridized carbons (Fsp3) is 0. The molecule has 7 heteroatoms. The number of phosphoric acid groups is 1. The second-order valence-corrected chi connectivity index (χ2v) is 1.54. The van der Waals surface area contributed by atoms with E-state index in [-0.39, 0.29) is 28.5 Å². The van der Waals surface area contributed by atoms with Gasteiger partial charge >= 0.3 is 30.9 Å². The number of hydrogen-bond acceptors (Lipinski definition) is 1. The average molecular weight is 140 g/mol. The van der Waals surface area contributed by atoms with Gasteiger partial charge in [0.15, 0.2) is 0 Å². The second-order valence-electron chi connectivity index (χ2n) is 0.513.